The largest absolute Gasteiger partial charge is 0.382 e. The van der Waals surface area contributed by atoms with Gasteiger partial charge in [0.1, 0.15) is 0 Å². The fourth-order valence-corrected chi connectivity index (χ4v) is 3.52. The van der Waals surface area contributed by atoms with E-state index in [1.807, 2.05) is 24.3 Å². The summed E-state index contributed by atoms with van der Waals surface area (Å²) in [5.74, 6) is -0.828. The molecule has 1 amide bonds. The van der Waals surface area contributed by atoms with Crippen molar-refractivity contribution in [1.82, 2.24) is 20.2 Å². The first-order chi connectivity index (χ1) is 15.4. The molecule has 0 radical (unpaired) electrons. The summed E-state index contributed by atoms with van der Waals surface area (Å²) in [4.78, 5) is 30.7. The Bertz CT molecular complexity index is 1000. The molecule has 2 aromatic rings. The van der Waals surface area contributed by atoms with Crippen molar-refractivity contribution in [3.05, 3.63) is 35.1 Å². The third kappa shape index (κ3) is 6.05. The van der Waals surface area contributed by atoms with Crippen LogP contribution in [0.2, 0.25) is 5.15 Å². The molecule has 170 valence electrons. The van der Waals surface area contributed by atoms with Gasteiger partial charge in [0.25, 0.3) is 5.91 Å². The molecule has 0 aliphatic carbocycles. The summed E-state index contributed by atoms with van der Waals surface area (Å²) in [5.41, 5.74) is 18.8. The molecule has 1 aliphatic rings. The highest BCUT2D eigenvalue weighted by molar-refractivity contribution is 6.31. The van der Waals surface area contributed by atoms with Crippen molar-refractivity contribution in [1.29, 1.82) is 0 Å². The van der Waals surface area contributed by atoms with E-state index in [2.05, 4.69) is 42.2 Å². The van der Waals surface area contributed by atoms with Gasteiger partial charge in [0.15, 0.2) is 28.4 Å². The van der Waals surface area contributed by atoms with E-state index in [-0.39, 0.29) is 34.5 Å². The summed E-state index contributed by atoms with van der Waals surface area (Å²) >= 11 is 5.81. The number of nitrogen functional groups attached to an aromatic ring is 2. The summed E-state index contributed by atoms with van der Waals surface area (Å²) in [6, 6.07) is 7.82. The Morgan fingerprint density at radius 1 is 1.22 bits per heavy atom. The van der Waals surface area contributed by atoms with Gasteiger partial charge in [-0.05, 0) is 31.7 Å². The van der Waals surface area contributed by atoms with Crippen LogP contribution in [0.15, 0.2) is 34.3 Å². The van der Waals surface area contributed by atoms with Gasteiger partial charge in [0.05, 0.1) is 17.4 Å². The quantitative estimate of drug-likeness (QED) is 0.304. The van der Waals surface area contributed by atoms with Gasteiger partial charge in [-0.15, -0.1) is 0 Å². The molecule has 1 saturated heterocycles. The average molecular weight is 459 g/mol. The smallest absolute Gasteiger partial charge is 0.280 e. The maximum Gasteiger partial charge on any atom is 0.280 e. The van der Waals surface area contributed by atoms with E-state index in [0.717, 1.165) is 50.4 Å². The number of nitrogens with one attached hydrogen (secondary N) is 2. The Morgan fingerprint density at radius 3 is 2.66 bits per heavy atom. The lowest BCUT2D eigenvalue weighted by molar-refractivity contribution is 0.0972. The number of para-hydroxylation sites is 2. The Kier molecular flexibility index (Phi) is 7.79. The number of carbonyl (C=O) groups excluding carboxylic acids is 1. The maximum absolute atomic E-state index is 12.3. The Morgan fingerprint density at radius 2 is 1.94 bits per heavy atom. The molecule has 1 aromatic carbocycles. The molecule has 8 N–H and O–H groups in total. The van der Waals surface area contributed by atoms with Crippen LogP contribution in [0.4, 0.5) is 23.0 Å². The predicted molar refractivity (Wildman–Crippen MR) is 129 cm³/mol. The number of nitrogens with two attached hydrogens (primary N) is 3. The number of carbonyl (C=O) groups is 1. The number of piperidine rings is 1. The number of amides is 1. The second-order valence-electron chi connectivity index (χ2n) is 7.28. The first-order valence-electron chi connectivity index (χ1n) is 10.1. The van der Waals surface area contributed by atoms with Gasteiger partial charge >= 0.3 is 0 Å². The summed E-state index contributed by atoms with van der Waals surface area (Å²) in [6.07, 6.45) is 1.66. The number of halogens is 1. The van der Waals surface area contributed by atoms with Crippen molar-refractivity contribution in [2.24, 2.45) is 15.7 Å². The zero-order valence-corrected chi connectivity index (χ0v) is 18.3. The predicted octanol–water partition coefficient (Wildman–Crippen LogP) is 1.25. The van der Waals surface area contributed by atoms with Crippen molar-refractivity contribution in [2.75, 3.05) is 43.0 Å². The molecule has 0 atom stereocenters. The zero-order chi connectivity index (χ0) is 23.1. The van der Waals surface area contributed by atoms with Gasteiger partial charge < -0.3 is 27.4 Å². The molecular weight excluding hydrogens is 432 g/mol. The van der Waals surface area contributed by atoms with Gasteiger partial charge in [-0.25, -0.2) is 15.0 Å². The van der Waals surface area contributed by atoms with Crippen LogP contribution in [0, 0.1) is 0 Å². The molecule has 11 nitrogen and oxygen atoms in total. The number of guanidine groups is 1. The molecule has 12 heteroatoms. The fourth-order valence-electron chi connectivity index (χ4n) is 3.39. The standard InChI is InChI=1S/C20H27ClN10O/c1-25-13-4-2-3-5-14(13)26-8-11-31-9-6-12(7-10-31)27-20(24)30-19(32)15-17(22)29-18(23)16(21)28-15/h2-5,12,26H,1,6-11H2,(H4,22,23,29)(H3,24,27,30,32). The van der Waals surface area contributed by atoms with Crippen molar-refractivity contribution in [3.63, 3.8) is 0 Å². The van der Waals surface area contributed by atoms with E-state index in [4.69, 9.17) is 28.8 Å². The number of nitrogens with zero attached hydrogens (tertiary/aromatic N) is 5. The van der Waals surface area contributed by atoms with Crippen molar-refractivity contribution in [2.45, 2.75) is 18.9 Å². The number of hydrogen-bond donors (Lipinski definition) is 5. The molecule has 3 rings (SSSR count). The molecule has 0 saturated carbocycles. The highest BCUT2D eigenvalue weighted by Crippen LogP contribution is 2.23. The molecule has 1 aliphatic heterocycles. The van der Waals surface area contributed by atoms with Crippen LogP contribution in [-0.4, -0.2) is 65.7 Å². The molecular formula is C20H27ClN10O. The average Bonchev–Trinajstić information content (AvgIpc) is 2.77. The Balaban J connectivity index is 1.45. The SMILES string of the molecule is C=Nc1ccccc1NCCN1CCC(N=C(N)NC(=O)c2nc(Cl)c(N)nc2N)CC1. The minimum Gasteiger partial charge on any atom is -0.382 e. The summed E-state index contributed by atoms with van der Waals surface area (Å²) in [5, 5.41) is 5.76. The van der Waals surface area contributed by atoms with Crippen LogP contribution < -0.4 is 27.8 Å². The molecule has 1 fully saturated rings. The third-order valence-electron chi connectivity index (χ3n) is 5.06. The number of likely N-dealkylation sites (tertiary alicyclic amines) is 1. The van der Waals surface area contributed by atoms with E-state index < -0.39 is 5.91 Å². The van der Waals surface area contributed by atoms with E-state index >= 15 is 0 Å². The number of benzene rings is 1. The van der Waals surface area contributed by atoms with Crippen LogP contribution in [0.1, 0.15) is 23.3 Å². The van der Waals surface area contributed by atoms with Crippen LogP contribution in [-0.2, 0) is 0 Å². The van der Waals surface area contributed by atoms with Gasteiger partial charge in [-0.2, -0.15) is 0 Å². The normalized spacial score (nSPS) is 15.3. The van der Waals surface area contributed by atoms with Crippen molar-refractivity contribution < 1.29 is 4.79 Å². The number of aliphatic imine (C=N–C) groups is 2. The molecule has 2 heterocycles. The highest BCUT2D eigenvalue weighted by atomic mass is 35.5. The molecule has 32 heavy (non-hydrogen) atoms. The molecule has 0 bridgehead atoms. The van der Waals surface area contributed by atoms with Gasteiger partial charge in [-0.3, -0.25) is 15.1 Å². The van der Waals surface area contributed by atoms with Crippen LogP contribution in [0.5, 0.6) is 0 Å². The summed E-state index contributed by atoms with van der Waals surface area (Å²) < 4.78 is 0. The van der Waals surface area contributed by atoms with Gasteiger partial charge in [0, 0.05) is 26.2 Å². The zero-order valence-electron chi connectivity index (χ0n) is 17.6. The minimum atomic E-state index is -0.643. The molecule has 1 aromatic heterocycles. The third-order valence-corrected chi connectivity index (χ3v) is 5.34. The monoisotopic (exact) mass is 458 g/mol. The molecule has 0 spiro atoms. The lowest BCUT2D eigenvalue weighted by atomic mass is 10.1. The van der Waals surface area contributed by atoms with E-state index in [0.29, 0.717) is 0 Å². The van der Waals surface area contributed by atoms with Gasteiger partial charge in [0.2, 0.25) is 0 Å². The van der Waals surface area contributed by atoms with Crippen LogP contribution >= 0.6 is 11.6 Å². The molecule has 0 unspecified atom stereocenters. The first-order valence-corrected chi connectivity index (χ1v) is 10.5. The van der Waals surface area contributed by atoms with Crippen molar-refractivity contribution in [3.8, 4) is 0 Å². The maximum atomic E-state index is 12.3. The van der Waals surface area contributed by atoms with E-state index in [1.165, 1.54) is 0 Å². The Hall–Kier alpha value is -3.44. The lowest BCUT2D eigenvalue weighted by Gasteiger charge is -2.30. The first kappa shape index (κ1) is 23.2. The highest BCUT2D eigenvalue weighted by Gasteiger charge is 2.20. The van der Waals surface area contributed by atoms with Crippen LogP contribution in [0.25, 0.3) is 0 Å². The summed E-state index contributed by atoms with van der Waals surface area (Å²) in [6.45, 7) is 7.04. The van der Waals surface area contributed by atoms with Crippen molar-refractivity contribution >= 4 is 53.2 Å². The van der Waals surface area contributed by atoms with Gasteiger partial charge in [-0.1, -0.05) is 23.7 Å². The number of aromatic nitrogens is 2. The Labute approximate surface area is 191 Å². The number of rotatable bonds is 7. The second-order valence-corrected chi connectivity index (χ2v) is 7.63. The summed E-state index contributed by atoms with van der Waals surface area (Å²) in [7, 11) is 0. The van der Waals surface area contributed by atoms with E-state index in [9.17, 15) is 4.79 Å². The minimum absolute atomic E-state index is 0.00204. The topological polar surface area (TPSA) is 173 Å². The number of anilines is 3. The second kappa shape index (κ2) is 10.7. The number of hydrogen-bond acceptors (Lipinski definition) is 9. The van der Waals surface area contributed by atoms with Crippen LogP contribution in [0.3, 0.4) is 0 Å². The van der Waals surface area contributed by atoms with E-state index in [1.54, 1.807) is 0 Å². The fraction of sp³-hybridized carbons (Fsp3) is 0.350. The lowest BCUT2D eigenvalue weighted by Crippen LogP contribution is -2.41.